The molecule has 0 radical (unpaired) electrons. The van der Waals surface area contributed by atoms with E-state index in [1.54, 1.807) is 12.1 Å². The fraction of sp³-hybridized carbons (Fsp3) is 0.500. The van der Waals surface area contributed by atoms with Crippen molar-refractivity contribution < 1.29 is 4.79 Å². The fourth-order valence-corrected chi connectivity index (χ4v) is 2.49. The van der Waals surface area contributed by atoms with Gasteiger partial charge in [-0.05, 0) is 31.9 Å². The quantitative estimate of drug-likeness (QED) is 0.579. The molecule has 1 fully saturated rings. The smallest absolute Gasteiger partial charge is 0.271 e. The van der Waals surface area contributed by atoms with Crippen LogP contribution in [-0.2, 0) is 0 Å². The normalized spacial score (nSPS) is 17.5. The predicted molar refractivity (Wildman–Crippen MR) is 71.4 cm³/mol. The Kier molecular flexibility index (Phi) is 3.73. The topological polar surface area (TPSA) is 80.0 Å². The maximum Gasteiger partial charge on any atom is 0.271 e. The zero-order chi connectivity index (χ0) is 13.2. The first kappa shape index (κ1) is 13.1. The van der Waals surface area contributed by atoms with Gasteiger partial charge in [0.15, 0.2) is 0 Å². The van der Waals surface area contributed by atoms with E-state index >= 15 is 0 Å². The number of hydrogen-bond acceptors (Lipinski definition) is 4. The number of carbonyl (C=O) groups is 1. The van der Waals surface area contributed by atoms with Crippen LogP contribution in [0.3, 0.4) is 0 Å². The van der Waals surface area contributed by atoms with E-state index in [-0.39, 0.29) is 17.1 Å². The minimum Gasteiger partial charge on any atom is -0.345 e. The first-order chi connectivity index (χ1) is 8.54. The van der Waals surface area contributed by atoms with Crippen LogP contribution in [0, 0.1) is 0 Å². The van der Waals surface area contributed by atoms with E-state index in [2.05, 4.69) is 22.7 Å². The third-order valence-electron chi connectivity index (χ3n) is 3.33. The van der Waals surface area contributed by atoms with Crippen molar-refractivity contribution in [1.29, 1.82) is 0 Å². The molecule has 1 amide bonds. The van der Waals surface area contributed by atoms with Gasteiger partial charge in [-0.1, -0.05) is 24.4 Å². The lowest BCUT2D eigenvalue weighted by molar-refractivity contribution is 0.0903. The van der Waals surface area contributed by atoms with Gasteiger partial charge in [-0.15, -0.1) is 0 Å². The summed E-state index contributed by atoms with van der Waals surface area (Å²) in [4.78, 5) is 16.3. The number of rotatable bonds is 3. The summed E-state index contributed by atoms with van der Waals surface area (Å²) in [6.45, 7) is 2.05. The molecule has 0 aromatic carbocycles. The van der Waals surface area contributed by atoms with E-state index in [1.807, 2.05) is 0 Å². The van der Waals surface area contributed by atoms with Gasteiger partial charge in [-0.3, -0.25) is 4.79 Å². The molecule has 0 atom stereocenters. The fourth-order valence-electron chi connectivity index (χ4n) is 2.30. The van der Waals surface area contributed by atoms with Crippen molar-refractivity contribution in [1.82, 2.24) is 10.3 Å². The van der Waals surface area contributed by atoms with E-state index in [1.165, 1.54) is 0 Å². The van der Waals surface area contributed by atoms with E-state index in [0.29, 0.717) is 10.8 Å². The van der Waals surface area contributed by atoms with Gasteiger partial charge in [-0.2, -0.15) is 0 Å². The number of nitrogens with two attached hydrogens (primary N) is 1. The van der Waals surface area contributed by atoms with Gasteiger partial charge in [0.25, 0.3) is 5.91 Å². The molecule has 5 nitrogen and oxygen atoms in total. The Bertz CT molecular complexity index is 457. The lowest BCUT2D eigenvalue weighted by Crippen LogP contribution is -2.44. The average Bonchev–Trinajstić information content (AvgIpc) is 2.76. The third-order valence-corrected chi connectivity index (χ3v) is 3.64. The molecule has 2 rings (SSSR count). The van der Waals surface area contributed by atoms with E-state index in [9.17, 15) is 4.79 Å². The molecule has 0 bridgehead atoms. The van der Waals surface area contributed by atoms with Gasteiger partial charge in [-0.25, -0.2) is 10.8 Å². The molecule has 18 heavy (non-hydrogen) atoms. The number of halogens is 1. The summed E-state index contributed by atoms with van der Waals surface area (Å²) >= 11 is 5.99. The average molecular weight is 269 g/mol. The van der Waals surface area contributed by atoms with Gasteiger partial charge in [0.1, 0.15) is 11.5 Å². The summed E-state index contributed by atoms with van der Waals surface area (Å²) in [5.41, 5.74) is 2.47. The lowest BCUT2D eigenvalue weighted by atomic mass is 10.0. The van der Waals surface area contributed by atoms with Crippen molar-refractivity contribution in [2.24, 2.45) is 5.84 Å². The lowest BCUT2D eigenvalue weighted by Gasteiger charge is -2.25. The Morgan fingerprint density at radius 2 is 2.11 bits per heavy atom. The molecule has 1 aliphatic carbocycles. The number of aromatic nitrogens is 1. The van der Waals surface area contributed by atoms with Gasteiger partial charge in [0.05, 0.1) is 5.02 Å². The van der Waals surface area contributed by atoms with Crippen molar-refractivity contribution >= 4 is 23.3 Å². The van der Waals surface area contributed by atoms with Gasteiger partial charge in [0.2, 0.25) is 0 Å². The number of hydrogen-bond donors (Lipinski definition) is 3. The molecule has 1 aromatic rings. The summed E-state index contributed by atoms with van der Waals surface area (Å²) < 4.78 is 0. The summed E-state index contributed by atoms with van der Waals surface area (Å²) in [5, 5.41) is 3.34. The minimum atomic E-state index is -0.249. The van der Waals surface area contributed by atoms with Crippen molar-refractivity contribution in [2.75, 3.05) is 5.43 Å². The number of carbonyl (C=O) groups excluding carboxylic acids is 1. The van der Waals surface area contributed by atoms with Crippen LogP contribution in [0.1, 0.15) is 43.1 Å². The van der Waals surface area contributed by atoms with E-state index < -0.39 is 0 Å². The van der Waals surface area contributed by atoms with Crippen molar-refractivity contribution in [2.45, 2.75) is 38.1 Å². The second-order valence-electron chi connectivity index (χ2n) is 4.89. The first-order valence-corrected chi connectivity index (χ1v) is 6.37. The molecule has 1 aromatic heterocycles. The Labute approximate surface area is 111 Å². The number of nitrogens with zero attached hydrogens (tertiary/aromatic N) is 1. The Hall–Kier alpha value is -1.33. The maximum absolute atomic E-state index is 12.2. The second kappa shape index (κ2) is 5.12. The Morgan fingerprint density at radius 1 is 1.44 bits per heavy atom. The van der Waals surface area contributed by atoms with Crippen molar-refractivity contribution in [3.05, 3.63) is 22.8 Å². The molecule has 1 heterocycles. The van der Waals surface area contributed by atoms with Crippen LogP contribution in [0.4, 0.5) is 5.82 Å². The third kappa shape index (κ3) is 2.73. The first-order valence-electron chi connectivity index (χ1n) is 6.00. The molecule has 0 aliphatic heterocycles. The van der Waals surface area contributed by atoms with Gasteiger partial charge in [0, 0.05) is 5.54 Å². The number of hydrazine groups is 1. The molecule has 6 heteroatoms. The van der Waals surface area contributed by atoms with Crippen LogP contribution < -0.4 is 16.6 Å². The van der Waals surface area contributed by atoms with Crippen LogP contribution in [0.2, 0.25) is 5.02 Å². The number of amides is 1. The number of anilines is 1. The van der Waals surface area contributed by atoms with Crippen LogP contribution >= 0.6 is 11.6 Å². The highest BCUT2D eigenvalue weighted by Crippen LogP contribution is 2.29. The molecule has 4 N–H and O–H groups in total. The zero-order valence-corrected chi connectivity index (χ0v) is 11.0. The summed E-state index contributed by atoms with van der Waals surface area (Å²) in [6.07, 6.45) is 4.26. The number of nitrogen functional groups attached to an aromatic ring is 1. The molecule has 0 spiro atoms. The van der Waals surface area contributed by atoms with Crippen molar-refractivity contribution in [3.63, 3.8) is 0 Å². The SMILES string of the molecule is CC1(NC(=O)c2nc(NN)ccc2Cl)CCCC1. The largest absolute Gasteiger partial charge is 0.345 e. The molecular weight excluding hydrogens is 252 g/mol. The second-order valence-corrected chi connectivity index (χ2v) is 5.30. The molecule has 0 saturated heterocycles. The maximum atomic E-state index is 12.2. The highest BCUT2D eigenvalue weighted by Gasteiger charge is 2.31. The standard InChI is InChI=1S/C12H17ClN4O/c1-12(6-2-3-7-12)16-11(18)10-8(13)4-5-9(15-10)17-14/h4-5H,2-3,6-7,14H2,1H3,(H,15,17)(H,16,18). The Morgan fingerprint density at radius 3 is 2.72 bits per heavy atom. The Balaban J connectivity index is 2.17. The predicted octanol–water partition coefficient (Wildman–Crippen LogP) is 2.08. The molecular formula is C12H17ClN4O. The number of nitrogens with one attached hydrogen (secondary N) is 2. The van der Waals surface area contributed by atoms with E-state index in [4.69, 9.17) is 17.4 Å². The number of pyridine rings is 1. The molecule has 1 saturated carbocycles. The minimum absolute atomic E-state index is 0.145. The highest BCUT2D eigenvalue weighted by molar-refractivity contribution is 6.33. The van der Waals surface area contributed by atoms with Crippen LogP contribution in [0.15, 0.2) is 12.1 Å². The van der Waals surface area contributed by atoms with Crippen LogP contribution in [0.25, 0.3) is 0 Å². The monoisotopic (exact) mass is 268 g/mol. The van der Waals surface area contributed by atoms with Gasteiger partial charge < -0.3 is 10.7 Å². The van der Waals surface area contributed by atoms with Crippen LogP contribution in [0.5, 0.6) is 0 Å². The highest BCUT2D eigenvalue weighted by atomic mass is 35.5. The molecule has 1 aliphatic rings. The van der Waals surface area contributed by atoms with E-state index in [0.717, 1.165) is 25.7 Å². The summed E-state index contributed by atoms with van der Waals surface area (Å²) in [6, 6.07) is 3.23. The van der Waals surface area contributed by atoms with Crippen molar-refractivity contribution in [3.8, 4) is 0 Å². The molecule has 0 unspecified atom stereocenters. The van der Waals surface area contributed by atoms with Gasteiger partial charge >= 0.3 is 0 Å². The summed E-state index contributed by atoms with van der Waals surface area (Å²) in [7, 11) is 0. The molecule has 98 valence electrons. The zero-order valence-electron chi connectivity index (χ0n) is 10.3. The van der Waals surface area contributed by atoms with Crippen LogP contribution in [-0.4, -0.2) is 16.4 Å². The summed E-state index contributed by atoms with van der Waals surface area (Å²) in [5.74, 6) is 5.44.